The zero-order valence-corrected chi connectivity index (χ0v) is 8.41. The number of rotatable bonds is 2. The van der Waals surface area contributed by atoms with Crippen molar-refractivity contribution < 1.29 is 0 Å². The van der Waals surface area contributed by atoms with E-state index in [1.807, 2.05) is 0 Å². The predicted octanol–water partition coefficient (Wildman–Crippen LogP) is 1.04. The van der Waals surface area contributed by atoms with Gasteiger partial charge in [-0.05, 0) is 6.04 Å². The first-order valence-electron chi connectivity index (χ1n) is 3.00. The molecule has 0 fully saturated rings. The normalized spacial score (nSPS) is 12.2. The molecule has 0 nitrogen and oxygen atoms in total. The van der Waals surface area contributed by atoms with Crippen LogP contribution in [0, 0.1) is 12.3 Å². The van der Waals surface area contributed by atoms with Crippen LogP contribution in [0.3, 0.4) is 0 Å². The molecule has 0 bridgehead atoms. The summed E-state index contributed by atoms with van der Waals surface area (Å²) in [7, 11) is -0.529. The van der Waals surface area contributed by atoms with E-state index in [2.05, 4.69) is 25.6 Å². The Hall–Kier alpha value is -0.00623. The highest BCUT2D eigenvalue weighted by molar-refractivity contribution is 7.23. The van der Waals surface area contributed by atoms with Gasteiger partial charge in [0, 0.05) is 16.6 Å². The molecule has 0 amide bonds. The molecule has 0 heterocycles. The average molecular weight is 142 g/mol. The summed E-state index contributed by atoms with van der Waals surface area (Å²) in [6.07, 6.45) is 5.14. The molecule has 0 aliphatic heterocycles. The van der Waals surface area contributed by atoms with Gasteiger partial charge in [0.05, 0.1) is 0 Å². The predicted molar refractivity (Wildman–Crippen MR) is 45.5 cm³/mol. The number of hydrogen-bond donors (Lipinski definition) is 0. The molecule has 0 radical (unpaired) electrons. The lowest BCUT2D eigenvalue weighted by Crippen LogP contribution is -2.29. The van der Waals surface area contributed by atoms with Gasteiger partial charge in [0.15, 0.2) is 0 Å². The maximum absolute atomic E-state index is 5.14. The van der Waals surface area contributed by atoms with Gasteiger partial charge in [-0.1, -0.05) is 19.6 Å². The lowest BCUT2D eigenvalue weighted by molar-refractivity contribution is 1.78. The van der Waals surface area contributed by atoms with E-state index in [0.717, 1.165) is 6.04 Å². The monoisotopic (exact) mass is 142 g/mol. The second kappa shape index (κ2) is 3.11. The lowest BCUT2D eigenvalue weighted by atomic mass is 10.8. The first-order valence-corrected chi connectivity index (χ1v) is 9.82. The fourth-order valence-corrected chi connectivity index (χ4v) is 4.02. The molecule has 0 aromatic rings. The van der Waals surface area contributed by atoms with Crippen molar-refractivity contribution >= 4 is 16.6 Å². The van der Waals surface area contributed by atoms with Crippen molar-refractivity contribution in [2.24, 2.45) is 0 Å². The van der Waals surface area contributed by atoms with Gasteiger partial charge < -0.3 is 0 Å². The van der Waals surface area contributed by atoms with Crippen molar-refractivity contribution in [2.75, 3.05) is 0 Å². The van der Waals surface area contributed by atoms with E-state index in [9.17, 15) is 0 Å². The van der Waals surface area contributed by atoms with Gasteiger partial charge in [-0.15, -0.1) is 12.3 Å². The molecule has 0 saturated heterocycles. The van der Waals surface area contributed by atoms with Crippen molar-refractivity contribution in [1.82, 2.24) is 0 Å². The minimum absolute atomic E-state index is 0.152. The van der Waals surface area contributed by atoms with Crippen LogP contribution in [0.25, 0.3) is 0 Å². The van der Waals surface area contributed by atoms with Crippen molar-refractivity contribution in [1.29, 1.82) is 0 Å². The fourth-order valence-electron chi connectivity index (χ4n) is 0.447. The highest BCUT2D eigenvalue weighted by Crippen LogP contribution is 1.98. The van der Waals surface area contributed by atoms with Crippen molar-refractivity contribution in [2.45, 2.75) is 25.7 Å². The summed E-state index contributed by atoms with van der Waals surface area (Å²) in [6.45, 7) is 7.20. The lowest BCUT2D eigenvalue weighted by Gasteiger charge is -2.11. The van der Waals surface area contributed by atoms with Crippen molar-refractivity contribution in [3.63, 3.8) is 0 Å². The van der Waals surface area contributed by atoms with E-state index in [0.29, 0.717) is 0 Å². The van der Waals surface area contributed by atoms with Crippen LogP contribution >= 0.6 is 0 Å². The van der Waals surface area contributed by atoms with Crippen LogP contribution in [0.15, 0.2) is 0 Å². The standard InChI is InChI=1S/C6H14Si2/c1-5-6-7-8(2,3)4/h1H,6-7H2,2-4H3. The molecule has 8 heavy (non-hydrogen) atoms. The molecule has 0 aliphatic rings. The Morgan fingerprint density at radius 1 is 1.50 bits per heavy atom. The van der Waals surface area contributed by atoms with Gasteiger partial charge in [-0.2, -0.15) is 0 Å². The van der Waals surface area contributed by atoms with Gasteiger partial charge in [-0.25, -0.2) is 0 Å². The van der Waals surface area contributed by atoms with E-state index in [4.69, 9.17) is 6.42 Å². The third kappa shape index (κ3) is 5.99. The highest BCUT2D eigenvalue weighted by atomic mass is 29.2. The minimum atomic E-state index is -0.682. The maximum Gasteiger partial charge on any atom is 0.0322 e. The second-order valence-electron chi connectivity index (χ2n) is 3.26. The summed E-state index contributed by atoms with van der Waals surface area (Å²) < 4.78 is 0. The maximum atomic E-state index is 5.14. The summed E-state index contributed by atoms with van der Waals surface area (Å²) >= 11 is 0. The molecule has 0 aliphatic carbocycles. The third-order valence-corrected chi connectivity index (χ3v) is 8.31. The Morgan fingerprint density at radius 2 is 2.00 bits per heavy atom. The van der Waals surface area contributed by atoms with Crippen LogP contribution in [0.5, 0.6) is 0 Å². The molecule has 0 saturated carbocycles. The molecule has 0 aromatic heterocycles. The molecular weight excluding hydrogens is 128 g/mol. The second-order valence-corrected chi connectivity index (χ2v) is 17.3. The van der Waals surface area contributed by atoms with E-state index >= 15 is 0 Å². The molecule has 0 aromatic carbocycles. The Bertz CT molecular complexity index is 94.1. The Kier molecular flexibility index (Phi) is 3.10. The van der Waals surface area contributed by atoms with Gasteiger partial charge in [-0.3, -0.25) is 0 Å². The van der Waals surface area contributed by atoms with Gasteiger partial charge in [0.1, 0.15) is 0 Å². The molecule has 0 N–H and O–H groups in total. The smallest absolute Gasteiger partial charge is 0.0322 e. The van der Waals surface area contributed by atoms with Crippen molar-refractivity contribution in [3.8, 4) is 12.3 Å². The summed E-state index contributed by atoms with van der Waals surface area (Å²) in [5, 5.41) is 0. The molecule has 0 atom stereocenters. The summed E-state index contributed by atoms with van der Waals surface area (Å²) in [5.74, 6) is 2.72. The molecule has 0 unspecified atom stereocenters. The molecule has 0 rings (SSSR count). The van der Waals surface area contributed by atoms with E-state index in [1.54, 1.807) is 0 Å². The highest BCUT2D eigenvalue weighted by Gasteiger charge is 2.10. The molecule has 46 valence electrons. The Balaban J connectivity index is 3.28. The molecule has 0 spiro atoms. The quantitative estimate of drug-likeness (QED) is 0.399. The third-order valence-electron chi connectivity index (χ3n) is 1.02. The van der Waals surface area contributed by atoms with Crippen LogP contribution in [-0.2, 0) is 0 Å². The summed E-state index contributed by atoms with van der Waals surface area (Å²) in [6, 6.07) is 1.11. The summed E-state index contributed by atoms with van der Waals surface area (Å²) in [5.41, 5.74) is 0. The first kappa shape index (κ1) is 7.99. The Morgan fingerprint density at radius 3 is 2.12 bits per heavy atom. The number of terminal acetylenes is 1. The van der Waals surface area contributed by atoms with Gasteiger partial charge in [0.25, 0.3) is 0 Å². The largest absolute Gasteiger partial charge is 0.120 e. The van der Waals surface area contributed by atoms with Crippen LogP contribution in [0.1, 0.15) is 0 Å². The number of hydrogen-bond acceptors (Lipinski definition) is 0. The first-order chi connectivity index (χ1) is 3.56. The average Bonchev–Trinajstić information content (AvgIpc) is 1.59. The van der Waals surface area contributed by atoms with E-state index < -0.39 is 7.59 Å². The summed E-state index contributed by atoms with van der Waals surface area (Å²) in [4.78, 5) is 0. The van der Waals surface area contributed by atoms with Crippen LogP contribution in [-0.4, -0.2) is 16.6 Å². The zero-order chi connectivity index (χ0) is 6.62. The van der Waals surface area contributed by atoms with E-state index in [1.165, 1.54) is 0 Å². The van der Waals surface area contributed by atoms with E-state index in [-0.39, 0.29) is 9.04 Å². The minimum Gasteiger partial charge on any atom is -0.120 e. The SMILES string of the molecule is C#CC[SiH2][Si](C)(C)C. The topological polar surface area (TPSA) is 0 Å². The van der Waals surface area contributed by atoms with Crippen LogP contribution < -0.4 is 0 Å². The van der Waals surface area contributed by atoms with Crippen LogP contribution in [0.4, 0.5) is 0 Å². The zero-order valence-electron chi connectivity index (χ0n) is 5.99. The van der Waals surface area contributed by atoms with Crippen molar-refractivity contribution in [3.05, 3.63) is 0 Å². The van der Waals surface area contributed by atoms with Gasteiger partial charge >= 0.3 is 0 Å². The van der Waals surface area contributed by atoms with Crippen LogP contribution in [0.2, 0.25) is 25.7 Å². The fraction of sp³-hybridized carbons (Fsp3) is 0.667. The van der Waals surface area contributed by atoms with Gasteiger partial charge in [0.2, 0.25) is 0 Å². The molecular formula is C6H14Si2. The Labute approximate surface area is 55.3 Å². The molecule has 2 heteroatoms.